The Bertz CT molecular complexity index is 1180. The number of carboxylic acid groups (broad SMARTS) is 1. The van der Waals surface area contributed by atoms with Gasteiger partial charge in [0.15, 0.2) is 0 Å². The molecule has 0 bridgehead atoms. The van der Waals surface area contributed by atoms with E-state index in [9.17, 15) is 19.7 Å². The summed E-state index contributed by atoms with van der Waals surface area (Å²) in [6.07, 6.45) is 2.66. The Labute approximate surface area is 171 Å². The SMILES string of the molecule is Cc1ccc(-c2ccc(/C=C/C(=O)Nc3cccc(C(=O)O)c3C)o2)c([N+](=O)[O-])c1. The molecule has 0 saturated carbocycles. The molecule has 2 N–H and O–H groups in total. The lowest BCUT2D eigenvalue weighted by atomic mass is 10.1. The highest BCUT2D eigenvalue weighted by Crippen LogP contribution is 2.32. The van der Waals surface area contributed by atoms with Crippen molar-refractivity contribution in [3.63, 3.8) is 0 Å². The Kier molecular flexibility index (Phi) is 5.78. The molecule has 3 aromatic rings. The van der Waals surface area contributed by atoms with Crippen LogP contribution in [0.5, 0.6) is 0 Å². The van der Waals surface area contributed by atoms with Gasteiger partial charge in [0.2, 0.25) is 5.91 Å². The predicted octanol–water partition coefficient (Wildman–Crippen LogP) is 4.82. The summed E-state index contributed by atoms with van der Waals surface area (Å²) in [4.78, 5) is 34.2. The highest BCUT2D eigenvalue weighted by molar-refractivity contribution is 6.03. The fourth-order valence-electron chi connectivity index (χ4n) is 2.92. The number of furan rings is 1. The second kappa shape index (κ2) is 8.44. The van der Waals surface area contributed by atoms with E-state index in [1.165, 1.54) is 24.3 Å². The molecule has 0 radical (unpaired) electrons. The van der Waals surface area contributed by atoms with Gasteiger partial charge in [-0.25, -0.2) is 4.79 Å². The van der Waals surface area contributed by atoms with E-state index in [-0.39, 0.29) is 11.3 Å². The molecule has 0 aliphatic rings. The minimum absolute atomic E-state index is 0.0635. The minimum Gasteiger partial charge on any atom is -0.478 e. The van der Waals surface area contributed by atoms with Crippen molar-refractivity contribution in [3.05, 3.63) is 87.2 Å². The van der Waals surface area contributed by atoms with Crippen LogP contribution in [0.15, 0.2) is 59.0 Å². The minimum atomic E-state index is -1.08. The van der Waals surface area contributed by atoms with Crippen LogP contribution in [0.2, 0.25) is 0 Å². The van der Waals surface area contributed by atoms with Gasteiger partial charge in [-0.05, 0) is 61.4 Å². The maximum absolute atomic E-state index is 12.2. The summed E-state index contributed by atoms with van der Waals surface area (Å²) in [5, 5.41) is 23.1. The number of nitro groups is 1. The molecule has 30 heavy (non-hydrogen) atoms. The van der Waals surface area contributed by atoms with E-state index in [0.29, 0.717) is 28.3 Å². The van der Waals surface area contributed by atoms with Crippen molar-refractivity contribution in [1.82, 2.24) is 0 Å². The van der Waals surface area contributed by atoms with E-state index in [4.69, 9.17) is 9.52 Å². The summed E-state index contributed by atoms with van der Waals surface area (Å²) in [6.45, 7) is 3.37. The molecule has 1 amide bonds. The molecule has 0 unspecified atom stereocenters. The summed E-state index contributed by atoms with van der Waals surface area (Å²) in [7, 11) is 0. The number of aromatic carboxylic acids is 1. The van der Waals surface area contributed by atoms with Gasteiger partial charge in [-0.1, -0.05) is 12.1 Å². The lowest BCUT2D eigenvalue weighted by Crippen LogP contribution is -2.11. The van der Waals surface area contributed by atoms with Crippen LogP contribution in [0.1, 0.15) is 27.2 Å². The van der Waals surface area contributed by atoms with Crippen LogP contribution in [-0.4, -0.2) is 21.9 Å². The van der Waals surface area contributed by atoms with Crippen LogP contribution < -0.4 is 5.32 Å². The van der Waals surface area contributed by atoms with E-state index >= 15 is 0 Å². The van der Waals surface area contributed by atoms with Crippen molar-refractivity contribution in [2.45, 2.75) is 13.8 Å². The van der Waals surface area contributed by atoms with E-state index < -0.39 is 16.8 Å². The number of nitrogens with zero attached hydrogens (tertiary/aromatic N) is 1. The van der Waals surface area contributed by atoms with Gasteiger partial charge >= 0.3 is 5.97 Å². The highest BCUT2D eigenvalue weighted by Gasteiger charge is 2.18. The lowest BCUT2D eigenvalue weighted by Gasteiger charge is -2.08. The van der Waals surface area contributed by atoms with Crippen molar-refractivity contribution in [2.24, 2.45) is 0 Å². The van der Waals surface area contributed by atoms with Crippen LogP contribution >= 0.6 is 0 Å². The van der Waals surface area contributed by atoms with Gasteiger partial charge in [-0.2, -0.15) is 0 Å². The standard InChI is InChI=1S/C22H18N2O6/c1-13-6-9-17(19(12-13)24(28)29)20-10-7-15(30-20)8-11-21(25)23-18-5-3-4-16(14(18)2)22(26)27/h3-12H,1-2H3,(H,23,25)(H,26,27)/b11-8+. The maximum Gasteiger partial charge on any atom is 0.336 e. The monoisotopic (exact) mass is 406 g/mol. The molecule has 0 atom stereocenters. The number of carbonyl (C=O) groups is 2. The number of aryl methyl sites for hydroxylation is 1. The third-order valence-electron chi connectivity index (χ3n) is 4.46. The van der Waals surface area contributed by atoms with Crippen molar-refractivity contribution in [3.8, 4) is 11.3 Å². The van der Waals surface area contributed by atoms with Crippen molar-refractivity contribution >= 4 is 29.3 Å². The van der Waals surface area contributed by atoms with Gasteiger partial charge < -0.3 is 14.8 Å². The Morgan fingerprint density at radius 2 is 1.90 bits per heavy atom. The average Bonchev–Trinajstić information content (AvgIpc) is 3.16. The van der Waals surface area contributed by atoms with Gasteiger partial charge in [0, 0.05) is 17.8 Å². The first-order valence-corrected chi connectivity index (χ1v) is 8.93. The van der Waals surface area contributed by atoms with Gasteiger partial charge in [-0.3, -0.25) is 14.9 Å². The maximum atomic E-state index is 12.2. The first kappa shape index (κ1) is 20.5. The molecule has 0 saturated heterocycles. The first-order valence-electron chi connectivity index (χ1n) is 8.93. The number of hydrogen-bond acceptors (Lipinski definition) is 5. The van der Waals surface area contributed by atoms with Crippen LogP contribution in [0.25, 0.3) is 17.4 Å². The summed E-state index contributed by atoms with van der Waals surface area (Å²) in [6, 6.07) is 12.6. The highest BCUT2D eigenvalue weighted by atomic mass is 16.6. The summed E-state index contributed by atoms with van der Waals surface area (Å²) >= 11 is 0. The van der Waals surface area contributed by atoms with Crippen LogP contribution in [0.4, 0.5) is 11.4 Å². The fourth-order valence-corrected chi connectivity index (χ4v) is 2.92. The number of carbonyl (C=O) groups excluding carboxylic acids is 1. The fraction of sp³-hybridized carbons (Fsp3) is 0.0909. The average molecular weight is 406 g/mol. The first-order chi connectivity index (χ1) is 14.3. The van der Waals surface area contributed by atoms with Gasteiger partial charge in [0.05, 0.1) is 16.1 Å². The predicted molar refractivity (Wildman–Crippen MR) is 111 cm³/mol. The Hall–Kier alpha value is -4.20. The van der Waals surface area contributed by atoms with Crippen molar-refractivity contribution in [1.29, 1.82) is 0 Å². The Morgan fingerprint density at radius 3 is 2.60 bits per heavy atom. The molecule has 0 aliphatic carbocycles. The molecule has 0 fully saturated rings. The largest absolute Gasteiger partial charge is 0.478 e. The second-order valence-corrected chi connectivity index (χ2v) is 6.59. The summed E-state index contributed by atoms with van der Waals surface area (Å²) in [5.74, 6) is -0.898. The zero-order chi connectivity index (χ0) is 21.8. The summed E-state index contributed by atoms with van der Waals surface area (Å²) in [5.41, 5.74) is 1.98. The van der Waals surface area contributed by atoms with Crippen LogP contribution in [0.3, 0.4) is 0 Å². The number of carboxylic acids is 1. The van der Waals surface area contributed by atoms with Gasteiger partial charge in [-0.15, -0.1) is 0 Å². The van der Waals surface area contributed by atoms with Gasteiger partial charge in [0.25, 0.3) is 5.69 Å². The normalized spacial score (nSPS) is 10.9. The van der Waals surface area contributed by atoms with E-state index in [1.807, 2.05) is 0 Å². The van der Waals surface area contributed by atoms with Gasteiger partial charge in [0.1, 0.15) is 11.5 Å². The zero-order valence-corrected chi connectivity index (χ0v) is 16.2. The lowest BCUT2D eigenvalue weighted by molar-refractivity contribution is -0.384. The molecule has 0 aliphatic heterocycles. The van der Waals surface area contributed by atoms with Crippen LogP contribution in [0, 0.1) is 24.0 Å². The number of rotatable bonds is 6. The third-order valence-corrected chi connectivity index (χ3v) is 4.46. The number of benzene rings is 2. The molecular formula is C22H18N2O6. The second-order valence-electron chi connectivity index (χ2n) is 6.59. The molecular weight excluding hydrogens is 388 g/mol. The molecule has 8 nitrogen and oxygen atoms in total. The van der Waals surface area contributed by atoms with E-state index in [2.05, 4.69) is 5.32 Å². The van der Waals surface area contributed by atoms with Crippen LogP contribution in [-0.2, 0) is 4.79 Å². The van der Waals surface area contributed by atoms with Crippen molar-refractivity contribution in [2.75, 3.05) is 5.32 Å². The molecule has 1 heterocycles. The molecule has 152 valence electrons. The summed E-state index contributed by atoms with van der Waals surface area (Å²) < 4.78 is 5.63. The quantitative estimate of drug-likeness (QED) is 0.344. The Balaban J connectivity index is 1.77. The van der Waals surface area contributed by atoms with E-state index in [0.717, 1.165) is 5.56 Å². The van der Waals surface area contributed by atoms with E-state index in [1.54, 1.807) is 50.2 Å². The molecule has 1 aromatic heterocycles. The number of amides is 1. The molecule has 0 spiro atoms. The smallest absolute Gasteiger partial charge is 0.336 e. The third kappa shape index (κ3) is 4.44. The molecule has 8 heteroatoms. The Morgan fingerprint density at radius 1 is 1.13 bits per heavy atom. The van der Waals surface area contributed by atoms with Crippen molar-refractivity contribution < 1.29 is 24.0 Å². The topological polar surface area (TPSA) is 123 Å². The number of anilines is 1. The molecule has 3 rings (SSSR count). The number of nitro benzene ring substituents is 1. The number of nitrogens with one attached hydrogen (secondary N) is 1. The number of hydrogen-bond donors (Lipinski definition) is 2. The molecule has 2 aromatic carbocycles. The zero-order valence-electron chi connectivity index (χ0n) is 16.2.